The molecule has 0 saturated carbocycles. The first kappa shape index (κ1) is 22.0. The molecule has 0 bridgehead atoms. The van der Waals surface area contributed by atoms with Crippen LogP contribution in [0.1, 0.15) is 6.92 Å². The highest BCUT2D eigenvalue weighted by Gasteiger charge is 2.21. The van der Waals surface area contributed by atoms with E-state index in [-0.39, 0.29) is 6.54 Å². The molecule has 10 heteroatoms. The van der Waals surface area contributed by atoms with Gasteiger partial charge in [0.2, 0.25) is 0 Å². The van der Waals surface area contributed by atoms with Crippen molar-refractivity contribution in [1.82, 2.24) is 9.62 Å². The molecule has 28 heavy (non-hydrogen) atoms. The predicted octanol–water partition coefficient (Wildman–Crippen LogP) is 2.46. The largest absolute Gasteiger partial charge is 0.493 e. The monoisotopic (exact) mass is 426 g/mol. The van der Waals surface area contributed by atoms with Crippen molar-refractivity contribution >= 4 is 33.0 Å². The van der Waals surface area contributed by atoms with Crippen LogP contribution < -0.4 is 20.1 Å². The van der Waals surface area contributed by atoms with E-state index in [1.54, 1.807) is 50.9 Å². The number of sulfonamides is 1. The van der Waals surface area contributed by atoms with Crippen molar-refractivity contribution in [3.8, 4) is 11.5 Å². The number of aliphatic imine (C=N–C) groups is 1. The van der Waals surface area contributed by atoms with Crippen molar-refractivity contribution in [2.45, 2.75) is 11.1 Å². The van der Waals surface area contributed by atoms with E-state index in [9.17, 15) is 8.42 Å². The Morgan fingerprint density at radius 3 is 2.57 bits per heavy atom. The second kappa shape index (κ2) is 10.3. The fourth-order valence-electron chi connectivity index (χ4n) is 2.34. The third-order valence-corrected chi connectivity index (χ3v) is 7.06. The molecular formula is C18H26N4O4S2. The standard InChI is InChI=1S/C18H26N4O4S2/c1-5-19-18(21-14-8-9-15(25-3)16(13-14)26-4)20-10-11-22(2)28(23,24)17-7-6-12-27-17/h6-9,12-13H,5,10-11H2,1-4H3,(H2,19,20,21). The number of likely N-dealkylation sites (N-methyl/N-ethyl adjacent to an activating group) is 1. The van der Waals surface area contributed by atoms with Gasteiger partial charge in [-0.2, -0.15) is 4.31 Å². The second-order valence-corrected chi connectivity index (χ2v) is 8.93. The fourth-order valence-corrected chi connectivity index (χ4v) is 4.71. The number of hydrogen-bond acceptors (Lipinski definition) is 6. The lowest BCUT2D eigenvalue weighted by atomic mass is 10.3. The summed E-state index contributed by atoms with van der Waals surface area (Å²) in [5.74, 6) is 1.79. The Hall–Kier alpha value is -2.30. The number of guanidine groups is 1. The molecule has 2 rings (SSSR count). The molecule has 0 amide bonds. The van der Waals surface area contributed by atoms with Gasteiger partial charge in [0.25, 0.3) is 10.0 Å². The highest BCUT2D eigenvalue weighted by molar-refractivity contribution is 7.91. The SMILES string of the molecule is CCNC(=NCCN(C)S(=O)(=O)c1cccs1)Nc1ccc(OC)c(OC)c1. The third-order valence-electron chi connectivity index (χ3n) is 3.83. The van der Waals surface area contributed by atoms with E-state index >= 15 is 0 Å². The van der Waals surface area contributed by atoms with Gasteiger partial charge in [0.1, 0.15) is 4.21 Å². The highest BCUT2D eigenvalue weighted by Crippen LogP contribution is 2.29. The summed E-state index contributed by atoms with van der Waals surface area (Å²) in [6.07, 6.45) is 0. The molecule has 0 aliphatic carbocycles. The summed E-state index contributed by atoms with van der Waals surface area (Å²) < 4.78 is 37.1. The van der Waals surface area contributed by atoms with Crippen molar-refractivity contribution in [2.75, 3.05) is 46.2 Å². The van der Waals surface area contributed by atoms with Crippen LogP contribution in [0, 0.1) is 0 Å². The molecule has 1 aromatic heterocycles. The van der Waals surface area contributed by atoms with Gasteiger partial charge < -0.3 is 20.1 Å². The van der Waals surface area contributed by atoms with Gasteiger partial charge in [0, 0.05) is 31.9 Å². The average molecular weight is 427 g/mol. The number of nitrogens with one attached hydrogen (secondary N) is 2. The van der Waals surface area contributed by atoms with Crippen molar-refractivity contribution in [3.63, 3.8) is 0 Å². The van der Waals surface area contributed by atoms with Crippen LogP contribution in [0.5, 0.6) is 11.5 Å². The highest BCUT2D eigenvalue weighted by atomic mass is 32.2. The van der Waals surface area contributed by atoms with Crippen molar-refractivity contribution in [3.05, 3.63) is 35.7 Å². The van der Waals surface area contributed by atoms with Gasteiger partial charge >= 0.3 is 0 Å². The van der Waals surface area contributed by atoms with Gasteiger partial charge in [-0.05, 0) is 30.5 Å². The number of benzene rings is 1. The lowest BCUT2D eigenvalue weighted by Crippen LogP contribution is -2.33. The van der Waals surface area contributed by atoms with Crippen molar-refractivity contribution in [2.24, 2.45) is 4.99 Å². The van der Waals surface area contributed by atoms with Crippen molar-refractivity contribution < 1.29 is 17.9 Å². The first-order chi connectivity index (χ1) is 13.4. The Morgan fingerprint density at radius 1 is 1.21 bits per heavy atom. The summed E-state index contributed by atoms with van der Waals surface area (Å²) in [5.41, 5.74) is 0.775. The summed E-state index contributed by atoms with van der Waals surface area (Å²) >= 11 is 1.20. The van der Waals surface area contributed by atoms with Crippen LogP contribution in [0.15, 0.2) is 44.9 Å². The van der Waals surface area contributed by atoms with Crippen LogP contribution in [0.25, 0.3) is 0 Å². The van der Waals surface area contributed by atoms with E-state index < -0.39 is 10.0 Å². The molecule has 2 aromatic rings. The normalized spacial score (nSPS) is 12.1. The van der Waals surface area contributed by atoms with Gasteiger partial charge in [-0.3, -0.25) is 4.99 Å². The molecule has 0 radical (unpaired) electrons. The molecule has 1 aromatic carbocycles. The fraction of sp³-hybridized carbons (Fsp3) is 0.389. The van der Waals surface area contributed by atoms with Gasteiger partial charge in [0.15, 0.2) is 17.5 Å². The first-order valence-corrected chi connectivity index (χ1v) is 11.0. The molecule has 0 atom stereocenters. The van der Waals surface area contributed by atoms with Crippen LogP contribution >= 0.6 is 11.3 Å². The maximum Gasteiger partial charge on any atom is 0.252 e. The Labute approximate surface area is 170 Å². The maximum absolute atomic E-state index is 12.4. The molecule has 2 N–H and O–H groups in total. The molecule has 0 aliphatic rings. The van der Waals surface area contributed by atoms with Gasteiger partial charge in [-0.25, -0.2) is 8.42 Å². The Morgan fingerprint density at radius 2 is 1.96 bits per heavy atom. The van der Waals surface area contributed by atoms with Crippen LogP contribution in [0.2, 0.25) is 0 Å². The zero-order valence-corrected chi connectivity index (χ0v) is 18.1. The number of rotatable bonds is 9. The topological polar surface area (TPSA) is 92.3 Å². The third kappa shape index (κ3) is 5.60. The summed E-state index contributed by atoms with van der Waals surface area (Å²) in [5, 5.41) is 8.07. The molecule has 0 fully saturated rings. The molecule has 1 heterocycles. The van der Waals surface area contributed by atoms with Crippen LogP contribution in [-0.4, -0.2) is 59.6 Å². The van der Waals surface area contributed by atoms with Crippen LogP contribution in [0.3, 0.4) is 0 Å². The Bertz CT molecular complexity index is 883. The van der Waals surface area contributed by atoms with Crippen molar-refractivity contribution in [1.29, 1.82) is 0 Å². The van der Waals surface area contributed by atoms with E-state index in [4.69, 9.17) is 9.47 Å². The summed E-state index contributed by atoms with van der Waals surface area (Å²) in [6.45, 7) is 3.20. The lowest BCUT2D eigenvalue weighted by molar-refractivity contribution is 0.355. The Balaban J connectivity index is 2.04. The smallest absolute Gasteiger partial charge is 0.252 e. The van der Waals surface area contributed by atoms with E-state index in [0.29, 0.717) is 34.8 Å². The maximum atomic E-state index is 12.4. The minimum atomic E-state index is -3.47. The molecule has 0 spiro atoms. The van der Waals surface area contributed by atoms with E-state index in [1.165, 1.54) is 15.6 Å². The molecule has 0 aliphatic heterocycles. The lowest BCUT2D eigenvalue weighted by Gasteiger charge is -2.16. The molecule has 8 nitrogen and oxygen atoms in total. The Kier molecular flexibility index (Phi) is 8.09. The zero-order valence-electron chi connectivity index (χ0n) is 16.4. The number of hydrogen-bond donors (Lipinski definition) is 2. The van der Waals surface area contributed by atoms with E-state index in [2.05, 4.69) is 15.6 Å². The number of methoxy groups -OCH3 is 2. The van der Waals surface area contributed by atoms with Crippen LogP contribution in [-0.2, 0) is 10.0 Å². The molecule has 0 saturated heterocycles. The zero-order chi connectivity index (χ0) is 20.6. The molecular weight excluding hydrogens is 400 g/mol. The van der Waals surface area contributed by atoms with Gasteiger partial charge in [-0.15, -0.1) is 11.3 Å². The van der Waals surface area contributed by atoms with Crippen LogP contribution in [0.4, 0.5) is 5.69 Å². The van der Waals surface area contributed by atoms with E-state index in [1.807, 2.05) is 13.0 Å². The summed E-state index contributed by atoms with van der Waals surface area (Å²) in [7, 11) is 1.24. The number of thiophene rings is 1. The number of ether oxygens (including phenoxy) is 2. The average Bonchev–Trinajstić information content (AvgIpc) is 3.23. The first-order valence-electron chi connectivity index (χ1n) is 8.69. The minimum Gasteiger partial charge on any atom is -0.493 e. The van der Waals surface area contributed by atoms with Gasteiger partial charge in [-0.1, -0.05) is 6.07 Å². The quantitative estimate of drug-likeness (QED) is 0.473. The summed E-state index contributed by atoms with van der Waals surface area (Å²) in [6, 6.07) is 8.77. The predicted molar refractivity (Wildman–Crippen MR) is 113 cm³/mol. The van der Waals surface area contributed by atoms with E-state index in [0.717, 1.165) is 5.69 Å². The number of nitrogens with zero attached hydrogens (tertiary/aromatic N) is 2. The number of anilines is 1. The molecule has 0 unspecified atom stereocenters. The molecule has 154 valence electrons. The minimum absolute atomic E-state index is 0.267. The second-order valence-electron chi connectivity index (χ2n) is 5.71. The summed E-state index contributed by atoms with van der Waals surface area (Å²) in [4.78, 5) is 4.46. The van der Waals surface area contributed by atoms with Gasteiger partial charge in [0.05, 0.1) is 20.8 Å².